The first-order chi connectivity index (χ1) is 11.1. The summed E-state index contributed by atoms with van der Waals surface area (Å²) in [4.78, 5) is 22.8. The number of carbonyl (C=O) groups is 2. The topological polar surface area (TPSA) is 125 Å². The van der Waals surface area contributed by atoms with Gasteiger partial charge >= 0.3 is 6.09 Å². The third-order valence-electron chi connectivity index (χ3n) is 4.13. The van der Waals surface area contributed by atoms with Crippen LogP contribution in [0, 0.1) is 0 Å². The van der Waals surface area contributed by atoms with Crippen LogP contribution in [0.3, 0.4) is 0 Å². The van der Waals surface area contributed by atoms with Gasteiger partial charge < -0.3 is 21.5 Å². The van der Waals surface area contributed by atoms with Crippen molar-refractivity contribution < 1.29 is 14.3 Å². The summed E-state index contributed by atoms with van der Waals surface area (Å²) in [5.74, 6) is -0.563. The summed E-state index contributed by atoms with van der Waals surface area (Å²) >= 11 is 0. The molecule has 23 heavy (non-hydrogen) atoms. The molecule has 2 heterocycles. The van der Waals surface area contributed by atoms with Crippen LogP contribution in [0.2, 0.25) is 0 Å². The quantitative estimate of drug-likeness (QED) is 0.782. The van der Waals surface area contributed by atoms with Gasteiger partial charge in [0.1, 0.15) is 6.10 Å². The SMILES string of the molecule is NC(=O)OC1CCCCC1Nc1c(C(N)=O)cnn2cccc12. The van der Waals surface area contributed by atoms with Gasteiger partial charge in [-0.05, 0) is 31.4 Å². The minimum Gasteiger partial charge on any atom is -0.444 e. The van der Waals surface area contributed by atoms with Crippen LogP contribution in [0.1, 0.15) is 36.0 Å². The van der Waals surface area contributed by atoms with Gasteiger partial charge in [0.15, 0.2) is 0 Å². The summed E-state index contributed by atoms with van der Waals surface area (Å²) in [6.07, 6.45) is 5.61. The third kappa shape index (κ3) is 3.05. The van der Waals surface area contributed by atoms with Crippen LogP contribution in [0.15, 0.2) is 24.5 Å². The van der Waals surface area contributed by atoms with Gasteiger partial charge in [-0.3, -0.25) is 4.79 Å². The second-order valence-electron chi connectivity index (χ2n) is 5.65. The Morgan fingerprint density at radius 2 is 2.09 bits per heavy atom. The predicted octanol–water partition coefficient (Wildman–Crippen LogP) is 1.25. The molecule has 1 fully saturated rings. The van der Waals surface area contributed by atoms with E-state index in [1.54, 1.807) is 10.7 Å². The lowest BCUT2D eigenvalue weighted by Crippen LogP contribution is -2.41. The number of amides is 2. The Morgan fingerprint density at radius 1 is 1.30 bits per heavy atom. The Labute approximate surface area is 132 Å². The summed E-state index contributed by atoms with van der Waals surface area (Å²) in [7, 11) is 0. The smallest absolute Gasteiger partial charge is 0.404 e. The number of aromatic nitrogens is 2. The zero-order valence-electron chi connectivity index (χ0n) is 12.6. The molecule has 2 amide bonds. The van der Waals surface area contributed by atoms with Gasteiger partial charge in [0, 0.05) is 6.20 Å². The van der Waals surface area contributed by atoms with Crippen molar-refractivity contribution in [3.05, 3.63) is 30.1 Å². The van der Waals surface area contributed by atoms with Gasteiger partial charge in [-0.15, -0.1) is 0 Å². The van der Waals surface area contributed by atoms with Crippen molar-refractivity contribution >= 4 is 23.2 Å². The standard InChI is InChI=1S/C15H19N5O3/c16-14(21)9-8-18-20-7-3-5-11(20)13(9)19-10-4-1-2-6-12(10)23-15(17)22/h3,5,7-8,10,12,19H,1-2,4,6H2,(H2,16,21)(H2,17,22). The Hall–Kier alpha value is -2.77. The molecule has 0 radical (unpaired) electrons. The number of anilines is 1. The fraction of sp³-hybridized carbons (Fsp3) is 0.400. The van der Waals surface area contributed by atoms with Crippen LogP contribution in [-0.2, 0) is 4.74 Å². The minimum absolute atomic E-state index is 0.129. The van der Waals surface area contributed by atoms with E-state index in [1.807, 2.05) is 12.1 Å². The number of ether oxygens (including phenoxy) is 1. The molecule has 0 spiro atoms. The highest BCUT2D eigenvalue weighted by atomic mass is 16.6. The molecular formula is C15H19N5O3. The minimum atomic E-state index is -0.790. The van der Waals surface area contributed by atoms with Crippen molar-refractivity contribution in [2.24, 2.45) is 11.5 Å². The molecule has 2 aromatic heterocycles. The van der Waals surface area contributed by atoms with E-state index in [9.17, 15) is 9.59 Å². The van der Waals surface area contributed by atoms with Crippen molar-refractivity contribution in [1.82, 2.24) is 9.61 Å². The Bertz CT molecular complexity index is 742. The Balaban J connectivity index is 1.95. The van der Waals surface area contributed by atoms with Crippen molar-refractivity contribution in [2.75, 3.05) is 5.32 Å². The lowest BCUT2D eigenvalue weighted by molar-refractivity contribution is 0.0744. The van der Waals surface area contributed by atoms with Gasteiger partial charge in [-0.25, -0.2) is 9.31 Å². The van der Waals surface area contributed by atoms with E-state index in [0.29, 0.717) is 11.3 Å². The zero-order chi connectivity index (χ0) is 16.4. The molecule has 5 N–H and O–H groups in total. The van der Waals surface area contributed by atoms with Gasteiger partial charge in [-0.2, -0.15) is 5.10 Å². The van der Waals surface area contributed by atoms with E-state index in [0.717, 1.165) is 31.2 Å². The Kier molecular flexibility index (Phi) is 4.05. The zero-order valence-corrected chi connectivity index (χ0v) is 12.6. The molecule has 2 atom stereocenters. The first-order valence-electron chi connectivity index (χ1n) is 7.55. The van der Waals surface area contributed by atoms with Crippen molar-refractivity contribution in [3.8, 4) is 0 Å². The van der Waals surface area contributed by atoms with Gasteiger partial charge in [0.25, 0.3) is 5.91 Å². The number of nitrogens with two attached hydrogens (primary N) is 2. The molecule has 3 rings (SSSR count). The average Bonchev–Trinajstić information content (AvgIpc) is 2.97. The number of hydrogen-bond acceptors (Lipinski definition) is 5. The molecule has 0 saturated heterocycles. The summed E-state index contributed by atoms with van der Waals surface area (Å²) in [6, 6.07) is 3.54. The van der Waals surface area contributed by atoms with Crippen molar-refractivity contribution in [3.63, 3.8) is 0 Å². The van der Waals surface area contributed by atoms with E-state index < -0.39 is 12.0 Å². The highest BCUT2D eigenvalue weighted by molar-refractivity contribution is 6.01. The predicted molar refractivity (Wildman–Crippen MR) is 84.0 cm³/mol. The lowest BCUT2D eigenvalue weighted by Gasteiger charge is -2.32. The molecule has 0 aromatic carbocycles. The summed E-state index contributed by atoms with van der Waals surface area (Å²) in [5, 5.41) is 7.47. The lowest BCUT2D eigenvalue weighted by atomic mass is 9.92. The van der Waals surface area contributed by atoms with E-state index in [4.69, 9.17) is 16.2 Å². The number of carbonyl (C=O) groups excluding carboxylic acids is 2. The fourth-order valence-corrected chi connectivity index (χ4v) is 3.07. The number of rotatable bonds is 4. The number of hydrogen-bond donors (Lipinski definition) is 3. The molecule has 122 valence electrons. The maximum Gasteiger partial charge on any atom is 0.404 e. The molecule has 0 bridgehead atoms. The second kappa shape index (κ2) is 6.15. The maximum atomic E-state index is 11.7. The molecule has 8 nitrogen and oxygen atoms in total. The fourth-order valence-electron chi connectivity index (χ4n) is 3.07. The molecule has 8 heteroatoms. The average molecular weight is 317 g/mol. The molecule has 1 aliphatic rings. The van der Waals surface area contributed by atoms with E-state index in [-0.39, 0.29) is 12.1 Å². The second-order valence-corrected chi connectivity index (χ2v) is 5.65. The van der Waals surface area contributed by atoms with Gasteiger partial charge in [-0.1, -0.05) is 6.42 Å². The third-order valence-corrected chi connectivity index (χ3v) is 4.13. The summed E-state index contributed by atoms with van der Waals surface area (Å²) < 4.78 is 6.86. The van der Waals surface area contributed by atoms with Gasteiger partial charge in [0.05, 0.1) is 29.0 Å². The van der Waals surface area contributed by atoms with Crippen LogP contribution >= 0.6 is 0 Å². The summed E-state index contributed by atoms with van der Waals surface area (Å²) in [6.45, 7) is 0. The molecule has 1 aliphatic carbocycles. The normalized spacial score (nSPS) is 21.0. The molecule has 2 aromatic rings. The van der Waals surface area contributed by atoms with Crippen LogP contribution in [0.5, 0.6) is 0 Å². The molecule has 2 unspecified atom stereocenters. The Morgan fingerprint density at radius 3 is 2.83 bits per heavy atom. The molecule has 0 aliphatic heterocycles. The van der Waals surface area contributed by atoms with E-state index >= 15 is 0 Å². The maximum absolute atomic E-state index is 11.7. The highest BCUT2D eigenvalue weighted by Crippen LogP contribution is 2.28. The van der Waals surface area contributed by atoms with Crippen molar-refractivity contribution in [2.45, 2.75) is 37.8 Å². The molecule has 1 saturated carbocycles. The van der Waals surface area contributed by atoms with Gasteiger partial charge in [0.2, 0.25) is 0 Å². The van der Waals surface area contributed by atoms with Crippen molar-refractivity contribution in [1.29, 1.82) is 0 Å². The van der Waals surface area contributed by atoms with Crippen LogP contribution in [0.25, 0.3) is 5.52 Å². The first kappa shape index (κ1) is 15.1. The molecular weight excluding hydrogens is 298 g/mol. The van der Waals surface area contributed by atoms with E-state index in [2.05, 4.69) is 10.4 Å². The number of primary amides is 2. The number of nitrogens with one attached hydrogen (secondary N) is 1. The van der Waals surface area contributed by atoms with Crippen LogP contribution in [-0.4, -0.2) is 33.8 Å². The first-order valence-corrected chi connectivity index (χ1v) is 7.55. The summed E-state index contributed by atoms with van der Waals surface area (Å²) in [5.41, 5.74) is 12.3. The number of nitrogens with zero attached hydrogens (tertiary/aromatic N) is 2. The highest BCUT2D eigenvalue weighted by Gasteiger charge is 2.29. The van der Waals surface area contributed by atoms with Crippen LogP contribution in [0.4, 0.5) is 10.5 Å². The largest absolute Gasteiger partial charge is 0.444 e. The van der Waals surface area contributed by atoms with E-state index in [1.165, 1.54) is 6.20 Å². The monoisotopic (exact) mass is 317 g/mol. The number of fused-ring (bicyclic) bond motifs is 1. The van der Waals surface area contributed by atoms with Crippen LogP contribution < -0.4 is 16.8 Å².